The second-order valence-corrected chi connectivity index (χ2v) is 4.25. The first-order chi connectivity index (χ1) is 7.66. The van der Waals surface area contributed by atoms with Gasteiger partial charge in [-0.15, -0.1) is 0 Å². The van der Waals surface area contributed by atoms with E-state index in [0.29, 0.717) is 24.9 Å². The number of amides is 1. The van der Waals surface area contributed by atoms with Gasteiger partial charge in [-0.3, -0.25) is 4.79 Å². The second kappa shape index (κ2) is 6.29. The largest absolute Gasteiger partial charge is 0.352 e. The Hall–Kier alpha value is -1.34. The SMILES string of the molecule is Cc1cccc(C(=O)NCCCC#N)c1Br. The van der Waals surface area contributed by atoms with Crippen molar-refractivity contribution in [2.75, 3.05) is 6.54 Å². The van der Waals surface area contributed by atoms with E-state index in [1.165, 1.54) is 0 Å². The molecule has 0 atom stereocenters. The summed E-state index contributed by atoms with van der Waals surface area (Å²) < 4.78 is 0.827. The van der Waals surface area contributed by atoms with Gasteiger partial charge in [0.15, 0.2) is 0 Å². The minimum Gasteiger partial charge on any atom is -0.352 e. The quantitative estimate of drug-likeness (QED) is 0.863. The molecular formula is C12H13BrN2O. The standard InChI is InChI=1S/C12H13BrN2O/c1-9-5-4-6-10(11(9)13)12(16)15-8-3-2-7-14/h4-6H,2-3,8H2,1H3,(H,15,16). The smallest absolute Gasteiger partial charge is 0.252 e. The molecule has 0 fully saturated rings. The number of benzene rings is 1. The van der Waals surface area contributed by atoms with Crippen molar-refractivity contribution in [1.29, 1.82) is 5.26 Å². The maximum atomic E-state index is 11.8. The summed E-state index contributed by atoms with van der Waals surface area (Å²) in [6.07, 6.45) is 1.15. The van der Waals surface area contributed by atoms with Gasteiger partial charge in [-0.1, -0.05) is 12.1 Å². The predicted octanol–water partition coefficient (Wildman–Crippen LogP) is 2.79. The van der Waals surface area contributed by atoms with Gasteiger partial charge in [0, 0.05) is 17.4 Å². The molecule has 0 unspecified atom stereocenters. The van der Waals surface area contributed by atoms with E-state index in [-0.39, 0.29) is 5.91 Å². The van der Waals surface area contributed by atoms with E-state index < -0.39 is 0 Å². The zero-order valence-corrected chi connectivity index (χ0v) is 10.7. The van der Waals surface area contributed by atoms with Gasteiger partial charge < -0.3 is 5.32 Å². The summed E-state index contributed by atoms with van der Waals surface area (Å²) in [4.78, 5) is 11.8. The molecule has 0 heterocycles. The van der Waals surface area contributed by atoms with Crippen LogP contribution in [0.1, 0.15) is 28.8 Å². The average Bonchev–Trinajstić information content (AvgIpc) is 2.28. The number of nitrogens with one attached hydrogen (secondary N) is 1. The molecule has 0 radical (unpaired) electrons. The first kappa shape index (κ1) is 12.7. The molecule has 0 bridgehead atoms. The van der Waals surface area contributed by atoms with Gasteiger partial charge in [0.1, 0.15) is 0 Å². The Morgan fingerprint density at radius 1 is 1.56 bits per heavy atom. The van der Waals surface area contributed by atoms with E-state index in [4.69, 9.17) is 5.26 Å². The molecule has 0 aliphatic heterocycles. The number of unbranched alkanes of at least 4 members (excludes halogenated alkanes) is 1. The maximum Gasteiger partial charge on any atom is 0.252 e. The minimum atomic E-state index is -0.103. The van der Waals surface area contributed by atoms with Crippen LogP contribution in [-0.2, 0) is 0 Å². The molecule has 0 aliphatic rings. The number of rotatable bonds is 4. The molecule has 1 rings (SSSR count). The minimum absolute atomic E-state index is 0.103. The van der Waals surface area contributed by atoms with Crippen LogP contribution in [0.4, 0.5) is 0 Å². The third kappa shape index (κ3) is 3.35. The van der Waals surface area contributed by atoms with E-state index in [2.05, 4.69) is 21.2 Å². The highest BCUT2D eigenvalue weighted by Gasteiger charge is 2.09. The number of nitriles is 1. The molecule has 0 aliphatic carbocycles. The Bertz CT molecular complexity index is 424. The maximum absolute atomic E-state index is 11.8. The Kier molecular flexibility index (Phi) is 5.00. The predicted molar refractivity (Wildman–Crippen MR) is 66.1 cm³/mol. The summed E-state index contributed by atoms with van der Waals surface area (Å²) in [6, 6.07) is 7.61. The van der Waals surface area contributed by atoms with Crippen LogP contribution in [0.15, 0.2) is 22.7 Å². The molecule has 16 heavy (non-hydrogen) atoms. The van der Waals surface area contributed by atoms with E-state index in [0.717, 1.165) is 10.0 Å². The van der Waals surface area contributed by atoms with E-state index in [9.17, 15) is 4.79 Å². The fourth-order valence-corrected chi connectivity index (χ4v) is 1.73. The highest BCUT2D eigenvalue weighted by Crippen LogP contribution is 2.20. The average molecular weight is 281 g/mol. The number of halogens is 1. The lowest BCUT2D eigenvalue weighted by molar-refractivity contribution is 0.0952. The van der Waals surface area contributed by atoms with Crippen molar-refractivity contribution >= 4 is 21.8 Å². The summed E-state index contributed by atoms with van der Waals surface area (Å²) >= 11 is 3.39. The van der Waals surface area contributed by atoms with Crippen molar-refractivity contribution in [3.63, 3.8) is 0 Å². The summed E-state index contributed by atoms with van der Waals surface area (Å²) in [5.41, 5.74) is 1.67. The van der Waals surface area contributed by atoms with Crippen LogP contribution in [0.3, 0.4) is 0 Å². The van der Waals surface area contributed by atoms with Crippen LogP contribution in [-0.4, -0.2) is 12.5 Å². The number of aryl methyl sites for hydroxylation is 1. The molecule has 0 spiro atoms. The Morgan fingerprint density at radius 2 is 2.31 bits per heavy atom. The van der Waals surface area contributed by atoms with Crippen LogP contribution in [0.2, 0.25) is 0 Å². The third-order valence-electron chi connectivity index (χ3n) is 2.19. The first-order valence-electron chi connectivity index (χ1n) is 5.07. The van der Waals surface area contributed by atoms with Crippen molar-refractivity contribution in [3.8, 4) is 6.07 Å². The highest BCUT2D eigenvalue weighted by molar-refractivity contribution is 9.10. The number of carbonyl (C=O) groups excluding carboxylic acids is 1. The van der Waals surface area contributed by atoms with E-state index >= 15 is 0 Å². The fourth-order valence-electron chi connectivity index (χ4n) is 1.29. The van der Waals surface area contributed by atoms with Crippen LogP contribution in [0.25, 0.3) is 0 Å². The highest BCUT2D eigenvalue weighted by atomic mass is 79.9. The molecule has 0 aromatic heterocycles. The number of carbonyl (C=O) groups is 1. The summed E-state index contributed by atoms with van der Waals surface area (Å²) in [5.74, 6) is -0.103. The van der Waals surface area contributed by atoms with Gasteiger partial charge in [-0.05, 0) is 40.9 Å². The number of hydrogen-bond donors (Lipinski definition) is 1. The van der Waals surface area contributed by atoms with Crippen LogP contribution in [0.5, 0.6) is 0 Å². The van der Waals surface area contributed by atoms with Gasteiger partial charge in [0.2, 0.25) is 0 Å². The fraction of sp³-hybridized carbons (Fsp3) is 0.333. The zero-order valence-electron chi connectivity index (χ0n) is 9.09. The lowest BCUT2D eigenvalue weighted by Gasteiger charge is -2.07. The Labute approximate surface area is 104 Å². The first-order valence-corrected chi connectivity index (χ1v) is 5.86. The molecule has 1 aromatic rings. The van der Waals surface area contributed by atoms with Crippen molar-refractivity contribution in [2.45, 2.75) is 19.8 Å². The van der Waals surface area contributed by atoms with E-state index in [1.54, 1.807) is 6.07 Å². The lowest BCUT2D eigenvalue weighted by Crippen LogP contribution is -2.24. The molecule has 3 nitrogen and oxygen atoms in total. The monoisotopic (exact) mass is 280 g/mol. The Morgan fingerprint density at radius 3 is 3.00 bits per heavy atom. The molecular weight excluding hydrogens is 268 g/mol. The molecule has 4 heteroatoms. The summed E-state index contributed by atoms with van der Waals surface area (Å²) in [6.45, 7) is 2.48. The molecule has 84 valence electrons. The molecule has 1 N–H and O–H groups in total. The molecule has 0 saturated carbocycles. The van der Waals surface area contributed by atoms with Crippen LogP contribution in [0, 0.1) is 18.3 Å². The van der Waals surface area contributed by atoms with Crippen molar-refractivity contribution in [1.82, 2.24) is 5.32 Å². The third-order valence-corrected chi connectivity index (χ3v) is 3.24. The van der Waals surface area contributed by atoms with Gasteiger partial charge in [0.05, 0.1) is 11.6 Å². The topological polar surface area (TPSA) is 52.9 Å². The van der Waals surface area contributed by atoms with Crippen LogP contribution >= 0.6 is 15.9 Å². The molecule has 0 saturated heterocycles. The molecule has 1 aromatic carbocycles. The van der Waals surface area contributed by atoms with Gasteiger partial charge in [0.25, 0.3) is 5.91 Å². The summed E-state index contributed by atoms with van der Waals surface area (Å²) in [5, 5.41) is 11.1. The van der Waals surface area contributed by atoms with Crippen molar-refractivity contribution in [3.05, 3.63) is 33.8 Å². The molecule has 1 amide bonds. The normalized spacial score (nSPS) is 9.56. The zero-order chi connectivity index (χ0) is 12.0. The van der Waals surface area contributed by atoms with Gasteiger partial charge in [-0.25, -0.2) is 0 Å². The van der Waals surface area contributed by atoms with E-state index in [1.807, 2.05) is 25.1 Å². The second-order valence-electron chi connectivity index (χ2n) is 3.45. The van der Waals surface area contributed by atoms with Gasteiger partial charge in [-0.2, -0.15) is 5.26 Å². The Balaban J connectivity index is 2.60. The number of nitrogens with zero attached hydrogens (tertiary/aromatic N) is 1. The van der Waals surface area contributed by atoms with Gasteiger partial charge >= 0.3 is 0 Å². The van der Waals surface area contributed by atoms with Crippen LogP contribution < -0.4 is 5.32 Å². The van der Waals surface area contributed by atoms with Crippen molar-refractivity contribution < 1.29 is 4.79 Å². The summed E-state index contributed by atoms with van der Waals surface area (Å²) in [7, 11) is 0. The number of hydrogen-bond acceptors (Lipinski definition) is 2. The lowest BCUT2D eigenvalue weighted by atomic mass is 10.1. The van der Waals surface area contributed by atoms with Crippen molar-refractivity contribution in [2.24, 2.45) is 0 Å².